The smallest absolute Gasteiger partial charge is 0.124 e. The van der Waals surface area contributed by atoms with Crippen LogP contribution in [-0.2, 0) is 13.1 Å². The Morgan fingerprint density at radius 3 is 2.85 bits per heavy atom. The Hall–Kier alpha value is -1.20. The highest BCUT2D eigenvalue weighted by Crippen LogP contribution is 2.19. The molecule has 0 amide bonds. The molecule has 0 atom stereocenters. The molecular formula is C15H19BrFN3. The summed E-state index contributed by atoms with van der Waals surface area (Å²) in [5, 5.41) is 7.74. The van der Waals surface area contributed by atoms with Gasteiger partial charge in [-0.25, -0.2) is 4.39 Å². The van der Waals surface area contributed by atoms with Crippen LogP contribution < -0.4 is 5.32 Å². The lowest BCUT2D eigenvalue weighted by molar-refractivity contribution is 0.529. The van der Waals surface area contributed by atoms with E-state index in [1.807, 2.05) is 10.7 Å². The molecule has 0 aliphatic rings. The van der Waals surface area contributed by atoms with E-state index in [1.165, 1.54) is 12.1 Å². The first-order valence-corrected chi connectivity index (χ1v) is 7.51. The molecular weight excluding hydrogens is 321 g/mol. The van der Waals surface area contributed by atoms with Crippen LogP contribution >= 0.6 is 15.9 Å². The Balaban J connectivity index is 2.04. The average Bonchev–Trinajstić information content (AvgIpc) is 2.80. The van der Waals surface area contributed by atoms with Crippen LogP contribution in [0.3, 0.4) is 0 Å². The van der Waals surface area contributed by atoms with Gasteiger partial charge < -0.3 is 5.32 Å². The molecule has 1 heterocycles. The molecule has 3 nitrogen and oxygen atoms in total. The molecule has 108 valence electrons. The Bertz CT molecular complexity index is 566. The second-order valence-electron chi connectivity index (χ2n) is 5.24. The van der Waals surface area contributed by atoms with Gasteiger partial charge in [0.15, 0.2) is 0 Å². The third kappa shape index (κ3) is 4.15. The van der Waals surface area contributed by atoms with Crippen LogP contribution in [0.4, 0.5) is 4.39 Å². The molecule has 0 unspecified atom stereocenters. The Kier molecular flexibility index (Phi) is 5.31. The number of halogens is 2. The first kappa shape index (κ1) is 15.2. The largest absolute Gasteiger partial charge is 0.311 e. The maximum atomic E-state index is 13.1. The Morgan fingerprint density at radius 2 is 2.15 bits per heavy atom. The highest BCUT2D eigenvalue weighted by molar-refractivity contribution is 9.10. The normalized spacial score (nSPS) is 11.2. The Labute approximate surface area is 127 Å². The van der Waals surface area contributed by atoms with E-state index in [0.717, 1.165) is 28.8 Å². The van der Waals surface area contributed by atoms with Crippen molar-refractivity contribution in [2.24, 2.45) is 5.92 Å². The monoisotopic (exact) mass is 339 g/mol. The number of nitrogens with one attached hydrogen (secondary N) is 1. The van der Waals surface area contributed by atoms with Crippen molar-refractivity contribution < 1.29 is 4.39 Å². The summed E-state index contributed by atoms with van der Waals surface area (Å²) < 4.78 is 15.8. The van der Waals surface area contributed by atoms with E-state index in [4.69, 9.17) is 0 Å². The molecule has 2 rings (SSSR count). The quantitative estimate of drug-likeness (QED) is 0.871. The van der Waals surface area contributed by atoms with Crippen molar-refractivity contribution in [3.8, 4) is 0 Å². The van der Waals surface area contributed by atoms with Gasteiger partial charge in [0.2, 0.25) is 0 Å². The van der Waals surface area contributed by atoms with Gasteiger partial charge >= 0.3 is 0 Å². The van der Waals surface area contributed by atoms with Gasteiger partial charge in [0.25, 0.3) is 0 Å². The Morgan fingerprint density at radius 1 is 1.35 bits per heavy atom. The molecule has 0 aliphatic carbocycles. The zero-order valence-electron chi connectivity index (χ0n) is 11.7. The molecule has 5 heteroatoms. The molecule has 0 fully saturated rings. The third-order valence-corrected chi connectivity index (χ3v) is 3.74. The van der Waals surface area contributed by atoms with Crippen LogP contribution in [0.5, 0.6) is 0 Å². The van der Waals surface area contributed by atoms with E-state index < -0.39 is 0 Å². The number of hydrogen-bond acceptors (Lipinski definition) is 2. The molecule has 0 radical (unpaired) electrons. The minimum atomic E-state index is -0.236. The molecule has 0 saturated carbocycles. The van der Waals surface area contributed by atoms with Gasteiger partial charge in [0.05, 0.1) is 12.2 Å². The van der Waals surface area contributed by atoms with E-state index >= 15 is 0 Å². The van der Waals surface area contributed by atoms with Crippen molar-refractivity contribution >= 4 is 15.9 Å². The van der Waals surface area contributed by atoms with Gasteiger partial charge in [0, 0.05) is 17.2 Å². The van der Waals surface area contributed by atoms with E-state index in [9.17, 15) is 4.39 Å². The lowest BCUT2D eigenvalue weighted by atomic mass is 10.2. The fourth-order valence-electron chi connectivity index (χ4n) is 1.95. The van der Waals surface area contributed by atoms with Crippen LogP contribution in [0.15, 0.2) is 34.9 Å². The molecule has 0 aliphatic heterocycles. The van der Waals surface area contributed by atoms with E-state index in [2.05, 4.69) is 40.2 Å². The average molecular weight is 340 g/mol. The summed E-state index contributed by atoms with van der Waals surface area (Å²) in [5.41, 5.74) is 2.14. The summed E-state index contributed by atoms with van der Waals surface area (Å²) >= 11 is 3.39. The lowest BCUT2D eigenvalue weighted by Crippen LogP contribution is -2.21. The molecule has 1 aromatic heterocycles. The van der Waals surface area contributed by atoms with Crippen LogP contribution in [-0.4, -0.2) is 16.3 Å². The summed E-state index contributed by atoms with van der Waals surface area (Å²) in [4.78, 5) is 0. The molecule has 0 bridgehead atoms. The maximum Gasteiger partial charge on any atom is 0.124 e. The van der Waals surface area contributed by atoms with Gasteiger partial charge in [-0.3, -0.25) is 4.68 Å². The van der Waals surface area contributed by atoms with Crippen molar-refractivity contribution in [3.05, 3.63) is 52.0 Å². The number of nitrogens with zero attached hydrogens (tertiary/aromatic N) is 2. The zero-order chi connectivity index (χ0) is 14.5. The minimum Gasteiger partial charge on any atom is -0.311 e. The van der Waals surface area contributed by atoms with Crippen molar-refractivity contribution in [1.29, 1.82) is 0 Å². The lowest BCUT2D eigenvalue weighted by Gasteiger charge is -2.11. The highest BCUT2D eigenvalue weighted by Gasteiger charge is 2.07. The predicted octanol–water partition coefficient (Wildman–Crippen LogP) is 3.58. The zero-order valence-corrected chi connectivity index (χ0v) is 13.3. The standard InChI is InChI=1S/C15H19BrFN3/c1-11(2)8-18-9-14-5-6-19-20(14)10-12-3-4-13(17)7-15(12)16/h3-7,11,18H,8-10H2,1-2H3. The second kappa shape index (κ2) is 6.99. The summed E-state index contributed by atoms with van der Waals surface area (Å²) in [7, 11) is 0. The number of aromatic nitrogens is 2. The summed E-state index contributed by atoms with van der Waals surface area (Å²) in [6.07, 6.45) is 1.80. The molecule has 1 aromatic carbocycles. The molecule has 2 aromatic rings. The van der Waals surface area contributed by atoms with Crippen LogP contribution in [0.2, 0.25) is 0 Å². The summed E-state index contributed by atoms with van der Waals surface area (Å²) in [5.74, 6) is 0.387. The van der Waals surface area contributed by atoms with Gasteiger partial charge in [-0.05, 0) is 36.2 Å². The van der Waals surface area contributed by atoms with Crippen molar-refractivity contribution in [3.63, 3.8) is 0 Å². The highest BCUT2D eigenvalue weighted by atomic mass is 79.9. The first-order chi connectivity index (χ1) is 9.56. The first-order valence-electron chi connectivity index (χ1n) is 6.71. The molecule has 0 saturated heterocycles. The maximum absolute atomic E-state index is 13.1. The fourth-order valence-corrected chi connectivity index (χ4v) is 2.43. The van der Waals surface area contributed by atoms with E-state index in [-0.39, 0.29) is 5.82 Å². The van der Waals surface area contributed by atoms with Crippen molar-refractivity contribution in [2.75, 3.05) is 6.54 Å². The van der Waals surface area contributed by atoms with Gasteiger partial charge in [-0.15, -0.1) is 0 Å². The van der Waals surface area contributed by atoms with Crippen LogP contribution in [0.1, 0.15) is 25.1 Å². The van der Waals surface area contributed by atoms with E-state index in [0.29, 0.717) is 12.5 Å². The SMILES string of the molecule is CC(C)CNCc1ccnn1Cc1ccc(F)cc1Br. The van der Waals surface area contributed by atoms with Crippen molar-refractivity contribution in [1.82, 2.24) is 15.1 Å². The van der Waals surface area contributed by atoms with Gasteiger partial charge in [0.1, 0.15) is 5.82 Å². The third-order valence-electron chi connectivity index (χ3n) is 3.00. The fraction of sp³-hybridized carbons (Fsp3) is 0.400. The second-order valence-corrected chi connectivity index (χ2v) is 6.10. The number of benzene rings is 1. The van der Waals surface area contributed by atoms with Crippen LogP contribution in [0, 0.1) is 11.7 Å². The van der Waals surface area contributed by atoms with Crippen LogP contribution in [0.25, 0.3) is 0 Å². The van der Waals surface area contributed by atoms with E-state index in [1.54, 1.807) is 12.3 Å². The molecule has 1 N–H and O–H groups in total. The molecule has 0 spiro atoms. The minimum absolute atomic E-state index is 0.236. The predicted molar refractivity (Wildman–Crippen MR) is 82.0 cm³/mol. The van der Waals surface area contributed by atoms with Gasteiger partial charge in [-0.2, -0.15) is 5.10 Å². The summed E-state index contributed by atoms with van der Waals surface area (Å²) in [6.45, 7) is 6.76. The number of rotatable bonds is 6. The molecule has 20 heavy (non-hydrogen) atoms. The van der Waals surface area contributed by atoms with Crippen molar-refractivity contribution in [2.45, 2.75) is 26.9 Å². The summed E-state index contributed by atoms with van der Waals surface area (Å²) in [6, 6.07) is 6.74. The van der Waals surface area contributed by atoms with Gasteiger partial charge in [-0.1, -0.05) is 35.8 Å². The topological polar surface area (TPSA) is 29.9 Å². The number of hydrogen-bond donors (Lipinski definition) is 1.